The molecule has 0 bridgehead atoms. The second kappa shape index (κ2) is 9.27. The van der Waals surface area contributed by atoms with Gasteiger partial charge in [-0.2, -0.15) is 13.2 Å². The molecule has 3 aromatic carbocycles. The number of carbonyl (C=O) groups is 1. The molecule has 2 N–H and O–H groups in total. The molecule has 0 fully saturated rings. The Morgan fingerprint density at radius 3 is 2.03 bits per heavy atom. The van der Waals surface area contributed by atoms with Crippen LogP contribution in [0.4, 0.5) is 18.0 Å². The smallest absolute Gasteiger partial charge is 0.416 e. The van der Waals surface area contributed by atoms with Gasteiger partial charge in [-0.05, 0) is 46.4 Å². The number of halogens is 3. The van der Waals surface area contributed by atoms with E-state index in [2.05, 4.69) is 5.32 Å². The van der Waals surface area contributed by atoms with Gasteiger partial charge in [-0.1, -0.05) is 67.6 Å². The highest BCUT2D eigenvalue weighted by molar-refractivity contribution is 5.79. The minimum absolute atomic E-state index is 0.0944. The topological polar surface area (TPSA) is 58.6 Å². The number of alkyl halides is 3. The molecule has 0 spiro atoms. The number of fused-ring (bicyclic) bond motifs is 3. The van der Waals surface area contributed by atoms with Crippen LogP contribution in [0.15, 0.2) is 72.8 Å². The maximum atomic E-state index is 12.8. The third kappa shape index (κ3) is 4.73. The fraction of sp³-hybridized carbons (Fsp3) is 0.269. The van der Waals surface area contributed by atoms with Crippen LogP contribution in [0, 0.1) is 0 Å². The van der Waals surface area contributed by atoms with Crippen LogP contribution in [0.3, 0.4) is 0 Å². The van der Waals surface area contributed by atoms with Crippen LogP contribution in [0.5, 0.6) is 0 Å². The maximum absolute atomic E-state index is 12.8. The van der Waals surface area contributed by atoms with Crippen molar-refractivity contribution in [2.24, 2.45) is 0 Å². The van der Waals surface area contributed by atoms with E-state index in [0.717, 1.165) is 34.4 Å². The van der Waals surface area contributed by atoms with Crippen molar-refractivity contribution in [1.29, 1.82) is 0 Å². The van der Waals surface area contributed by atoms with Gasteiger partial charge in [-0.15, -0.1) is 0 Å². The average molecular weight is 455 g/mol. The largest absolute Gasteiger partial charge is 0.449 e. The molecule has 3 aromatic rings. The fourth-order valence-corrected chi connectivity index (χ4v) is 4.30. The third-order valence-corrected chi connectivity index (χ3v) is 6.05. The molecule has 0 aromatic heterocycles. The predicted octanol–water partition coefficient (Wildman–Crippen LogP) is 6.06. The summed E-state index contributed by atoms with van der Waals surface area (Å²) in [7, 11) is 0. The van der Waals surface area contributed by atoms with Gasteiger partial charge >= 0.3 is 12.3 Å². The highest BCUT2D eigenvalue weighted by Gasteiger charge is 2.32. The second-order valence-corrected chi connectivity index (χ2v) is 8.05. The molecule has 0 aliphatic heterocycles. The number of rotatable bonds is 6. The summed E-state index contributed by atoms with van der Waals surface area (Å²) in [5.41, 5.74) is 3.90. The molecule has 4 rings (SSSR count). The molecule has 0 saturated heterocycles. The molecule has 1 aliphatic carbocycles. The number of alkyl carbamates (subject to hydrolysis) is 1. The van der Waals surface area contributed by atoms with Gasteiger partial charge in [0, 0.05) is 5.92 Å². The fourth-order valence-electron chi connectivity index (χ4n) is 4.30. The van der Waals surface area contributed by atoms with Crippen LogP contribution in [-0.4, -0.2) is 23.8 Å². The average Bonchev–Trinajstić information content (AvgIpc) is 3.14. The highest BCUT2D eigenvalue weighted by Crippen LogP contribution is 2.44. The Morgan fingerprint density at radius 1 is 0.970 bits per heavy atom. The number of nitrogens with one attached hydrogen (secondary N) is 1. The summed E-state index contributed by atoms with van der Waals surface area (Å²) in [6, 6.07) is 19.5. The standard InChI is InChI=1S/C26H24F3NO3/c1-2-23(24(31)16-11-13-17(14-12-16)26(27,28)29)30-25(32)33-15-22-20-9-5-3-7-18(20)19-8-4-6-10-21(19)22/h3-14,22-24,31H,2,15H2,1H3,(H,30,32). The molecular formula is C26H24F3NO3. The molecule has 0 saturated carbocycles. The van der Waals surface area contributed by atoms with Gasteiger partial charge in [-0.25, -0.2) is 4.79 Å². The SMILES string of the molecule is CCC(NC(=O)OCC1c2ccccc2-c2ccccc21)C(O)c1ccc(C(F)(F)F)cc1. The van der Waals surface area contributed by atoms with Crippen molar-refractivity contribution in [2.45, 2.75) is 37.6 Å². The van der Waals surface area contributed by atoms with E-state index in [1.807, 2.05) is 48.5 Å². The second-order valence-electron chi connectivity index (χ2n) is 8.05. The number of aliphatic hydroxyl groups is 1. The summed E-state index contributed by atoms with van der Waals surface area (Å²) in [4.78, 5) is 12.5. The van der Waals surface area contributed by atoms with Crippen molar-refractivity contribution >= 4 is 6.09 Å². The zero-order valence-electron chi connectivity index (χ0n) is 18.0. The van der Waals surface area contributed by atoms with E-state index < -0.39 is 30.0 Å². The molecule has 0 heterocycles. The van der Waals surface area contributed by atoms with Gasteiger partial charge in [0.15, 0.2) is 0 Å². The third-order valence-electron chi connectivity index (χ3n) is 6.05. The lowest BCUT2D eigenvalue weighted by atomic mass is 9.98. The molecule has 1 amide bonds. The lowest BCUT2D eigenvalue weighted by Crippen LogP contribution is -2.39. The van der Waals surface area contributed by atoms with Crippen LogP contribution in [-0.2, 0) is 10.9 Å². The molecule has 0 radical (unpaired) electrons. The van der Waals surface area contributed by atoms with Crippen molar-refractivity contribution in [1.82, 2.24) is 5.32 Å². The summed E-state index contributed by atoms with van der Waals surface area (Å²) in [6.07, 6.45) is -5.94. The minimum Gasteiger partial charge on any atom is -0.449 e. The van der Waals surface area contributed by atoms with Gasteiger partial charge in [0.1, 0.15) is 6.61 Å². The molecule has 2 atom stereocenters. The zero-order valence-corrected chi connectivity index (χ0v) is 18.0. The van der Waals surface area contributed by atoms with E-state index in [-0.39, 0.29) is 18.1 Å². The van der Waals surface area contributed by atoms with Crippen LogP contribution in [0.2, 0.25) is 0 Å². The van der Waals surface area contributed by atoms with E-state index >= 15 is 0 Å². The maximum Gasteiger partial charge on any atom is 0.416 e. The lowest BCUT2D eigenvalue weighted by Gasteiger charge is -2.24. The van der Waals surface area contributed by atoms with Crippen molar-refractivity contribution in [2.75, 3.05) is 6.61 Å². The molecule has 1 aliphatic rings. The quantitative estimate of drug-likeness (QED) is 0.475. The summed E-state index contributed by atoms with van der Waals surface area (Å²) in [5, 5.41) is 13.3. The van der Waals surface area contributed by atoms with Gasteiger partial charge < -0.3 is 15.2 Å². The Morgan fingerprint density at radius 2 is 1.52 bits per heavy atom. The molecule has 4 nitrogen and oxygen atoms in total. The van der Waals surface area contributed by atoms with Gasteiger partial charge in [0.25, 0.3) is 0 Å². The number of ether oxygens (including phenoxy) is 1. The Hall–Kier alpha value is -3.32. The van der Waals surface area contributed by atoms with Crippen molar-refractivity contribution in [3.05, 3.63) is 95.1 Å². The monoisotopic (exact) mass is 455 g/mol. The van der Waals surface area contributed by atoms with E-state index in [1.165, 1.54) is 12.1 Å². The minimum atomic E-state index is -4.45. The van der Waals surface area contributed by atoms with Gasteiger partial charge in [-0.3, -0.25) is 0 Å². The first kappa shape index (κ1) is 22.9. The zero-order chi connectivity index (χ0) is 23.6. The Bertz CT molecular complexity index is 1080. The van der Waals surface area contributed by atoms with Crippen LogP contribution in [0.25, 0.3) is 11.1 Å². The molecule has 7 heteroatoms. The number of aliphatic hydroxyl groups excluding tert-OH is 1. The summed E-state index contributed by atoms with van der Waals surface area (Å²) in [5.74, 6) is -0.0944. The Labute approximate surface area is 190 Å². The number of hydrogen-bond acceptors (Lipinski definition) is 3. The summed E-state index contributed by atoms with van der Waals surface area (Å²) in [6.45, 7) is 1.90. The molecule has 33 heavy (non-hydrogen) atoms. The van der Waals surface area contributed by atoms with Crippen molar-refractivity contribution in [3.63, 3.8) is 0 Å². The van der Waals surface area contributed by atoms with Crippen molar-refractivity contribution < 1.29 is 27.8 Å². The van der Waals surface area contributed by atoms with Crippen LogP contribution >= 0.6 is 0 Å². The van der Waals surface area contributed by atoms with Crippen LogP contribution < -0.4 is 5.32 Å². The lowest BCUT2D eigenvalue weighted by molar-refractivity contribution is -0.137. The van der Waals surface area contributed by atoms with Gasteiger partial charge in [0.05, 0.1) is 17.7 Å². The summed E-state index contributed by atoms with van der Waals surface area (Å²) >= 11 is 0. The number of amides is 1. The van der Waals surface area contributed by atoms with Crippen molar-refractivity contribution in [3.8, 4) is 11.1 Å². The number of hydrogen-bond donors (Lipinski definition) is 2. The highest BCUT2D eigenvalue weighted by atomic mass is 19.4. The molecule has 2 unspecified atom stereocenters. The van der Waals surface area contributed by atoms with E-state index in [1.54, 1.807) is 6.92 Å². The van der Waals surface area contributed by atoms with Gasteiger partial charge in [0.2, 0.25) is 0 Å². The Balaban J connectivity index is 1.41. The van der Waals surface area contributed by atoms with E-state index in [0.29, 0.717) is 6.42 Å². The van der Waals surface area contributed by atoms with E-state index in [9.17, 15) is 23.1 Å². The van der Waals surface area contributed by atoms with E-state index in [4.69, 9.17) is 4.74 Å². The molecular weight excluding hydrogens is 431 g/mol. The first-order chi connectivity index (χ1) is 15.8. The summed E-state index contributed by atoms with van der Waals surface area (Å²) < 4.78 is 43.9. The van der Waals surface area contributed by atoms with Crippen LogP contribution in [0.1, 0.15) is 47.6 Å². The first-order valence-electron chi connectivity index (χ1n) is 10.8. The molecule has 172 valence electrons. The normalized spacial score (nSPS) is 14.8. The first-order valence-corrected chi connectivity index (χ1v) is 10.8. The number of benzene rings is 3. The Kier molecular flexibility index (Phi) is 6.42. The number of carbonyl (C=O) groups excluding carboxylic acids is 1. The predicted molar refractivity (Wildman–Crippen MR) is 119 cm³/mol.